The van der Waals surface area contributed by atoms with Crippen LogP contribution in [0.2, 0.25) is 5.02 Å². The highest BCUT2D eigenvalue weighted by atomic mass is 35.5. The molecule has 0 saturated heterocycles. The molecule has 0 unspecified atom stereocenters. The summed E-state index contributed by atoms with van der Waals surface area (Å²) in [6.45, 7) is 0. The predicted octanol–water partition coefficient (Wildman–Crippen LogP) is 4.37. The number of nitrogens with one attached hydrogen (secondary N) is 2. The number of ether oxygens (including phenoxy) is 2. The van der Waals surface area contributed by atoms with Crippen molar-refractivity contribution in [3.05, 3.63) is 88.4 Å². The van der Waals surface area contributed by atoms with Crippen LogP contribution in [0.25, 0.3) is 0 Å². The first-order valence-electron chi connectivity index (χ1n) is 9.22. The number of carbonyl (C=O) groups is 2. The predicted molar refractivity (Wildman–Crippen MR) is 120 cm³/mol. The maximum Gasteiger partial charge on any atom is 0.271 e. The molecule has 2 amide bonds. The number of amides is 2. The molecule has 0 atom stereocenters. The van der Waals surface area contributed by atoms with E-state index in [0.717, 1.165) is 5.56 Å². The average Bonchev–Trinajstić information content (AvgIpc) is 2.79. The second kappa shape index (κ2) is 10.3. The van der Waals surface area contributed by atoms with Crippen LogP contribution in [-0.4, -0.2) is 32.2 Å². The van der Waals surface area contributed by atoms with Gasteiger partial charge in [-0.05, 0) is 66.2 Å². The van der Waals surface area contributed by atoms with E-state index in [1.165, 1.54) is 6.21 Å². The summed E-state index contributed by atoms with van der Waals surface area (Å²) in [4.78, 5) is 24.7. The van der Waals surface area contributed by atoms with E-state index in [9.17, 15) is 9.59 Å². The zero-order valence-electron chi connectivity index (χ0n) is 16.9. The molecule has 0 bridgehead atoms. The van der Waals surface area contributed by atoms with E-state index in [1.807, 2.05) is 0 Å². The molecule has 31 heavy (non-hydrogen) atoms. The highest BCUT2D eigenvalue weighted by Gasteiger charge is 2.09. The Bertz CT molecular complexity index is 1110. The first-order chi connectivity index (χ1) is 15.0. The van der Waals surface area contributed by atoms with Gasteiger partial charge in [-0.15, -0.1) is 0 Å². The minimum absolute atomic E-state index is 0.305. The molecule has 0 aliphatic carbocycles. The van der Waals surface area contributed by atoms with Crippen LogP contribution in [-0.2, 0) is 0 Å². The maximum absolute atomic E-state index is 12.4. The molecule has 8 heteroatoms. The number of hydrogen-bond donors (Lipinski definition) is 2. The molecule has 0 fully saturated rings. The lowest BCUT2D eigenvalue weighted by molar-refractivity contribution is 0.0953. The molecule has 7 nitrogen and oxygen atoms in total. The third kappa shape index (κ3) is 5.83. The van der Waals surface area contributed by atoms with Gasteiger partial charge in [0.15, 0.2) is 11.5 Å². The molecular weight excluding hydrogens is 418 g/mol. The number of rotatable bonds is 7. The molecule has 0 aromatic heterocycles. The lowest BCUT2D eigenvalue weighted by Crippen LogP contribution is -2.18. The molecular formula is C23H20ClN3O4. The number of benzene rings is 3. The zero-order chi connectivity index (χ0) is 22.2. The normalized spacial score (nSPS) is 10.5. The lowest BCUT2D eigenvalue weighted by atomic mass is 10.1. The maximum atomic E-state index is 12.4. The summed E-state index contributed by atoms with van der Waals surface area (Å²) in [5.74, 6) is 0.433. The van der Waals surface area contributed by atoms with Crippen LogP contribution in [0.15, 0.2) is 71.8 Å². The van der Waals surface area contributed by atoms with Gasteiger partial charge in [0.25, 0.3) is 11.8 Å². The molecule has 0 spiro atoms. The Kier molecular flexibility index (Phi) is 7.24. The SMILES string of the molecule is COc1ccc(C=NNC(=O)c2cccc(NC(=O)c3ccc(Cl)cc3)c2)cc1OC. The molecule has 0 radical (unpaired) electrons. The van der Waals surface area contributed by atoms with Crippen LogP contribution in [0.5, 0.6) is 11.5 Å². The molecule has 3 rings (SSSR count). The topological polar surface area (TPSA) is 89.0 Å². The molecule has 0 heterocycles. The summed E-state index contributed by atoms with van der Waals surface area (Å²) in [5.41, 5.74) is 4.47. The van der Waals surface area contributed by atoms with Gasteiger partial charge in [-0.25, -0.2) is 5.43 Å². The Morgan fingerprint density at radius 3 is 2.32 bits per heavy atom. The Balaban J connectivity index is 1.64. The summed E-state index contributed by atoms with van der Waals surface area (Å²) in [5, 5.41) is 7.27. The van der Waals surface area contributed by atoms with Gasteiger partial charge < -0.3 is 14.8 Å². The molecule has 2 N–H and O–H groups in total. The van der Waals surface area contributed by atoms with Crippen molar-refractivity contribution >= 4 is 35.3 Å². The van der Waals surface area contributed by atoms with Crippen molar-refractivity contribution in [2.75, 3.05) is 19.5 Å². The Labute approximate surface area is 184 Å². The summed E-state index contributed by atoms with van der Waals surface area (Å²) in [6.07, 6.45) is 1.49. The van der Waals surface area contributed by atoms with E-state index in [4.69, 9.17) is 21.1 Å². The second-order valence-electron chi connectivity index (χ2n) is 6.36. The van der Waals surface area contributed by atoms with Gasteiger partial charge in [-0.3, -0.25) is 9.59 Å². The molecule has 3 aromatic rings. The van der Waals surface area contributed by atoms with E-state index >= 15 is 0 Å². The average molecular weight is 438 g/mol. The van der Waals surface area contributed by atoms with Crippen LogP contribution in [0.1, 0.15) is 26.3 Å². The number of methoxy groups -OCH3 is 2. The van der Waals surface area contributed by atoms with Gasteiger partial charge in [-0.1, -0.05) is 17.7 Å². The fourth-order valence-corrected chi connectivity index (χ4v) is 2.83. The number of hydrogen-bond acceptors (Lipinski definition) is 5. The summed E-state index contributed by atoms with van der Waals surface area (Å²) < 4.78 is 10.4. The number of hydrazone groups is 1. The Morgan fingerprint density at radius 2 is 1.61 bits per heavy atom. The second-order valence-corrected chi connectivity index (χ2v) is 6.79. The van der Waals surface area contributed by atoms with E-state index in [-0.39, 0.29) is 5.91 Å². The van der Waals surface area contributed by atoms with E-state index < -0.39 is 5.91 Å². The summed E-state index contributed by atoms with van der Waals surface area (Å²) >= 11 is 5.84. The summed E-state index contributed by atoms with van der Waals surface area (Å²) in [7, 11) is 3.09. The van der Waals surface area contributed by atoms with Crippen LogP contribution < -0.4 is 20.2 Å². The number of anilines is 1. The lowest BCUT2D eigenvalue weighted by Gasteiger charge is -2.08. The fraction of sp³-hybridized carbons (Fsp3) is 0.0870. The third-order valence-corrected chi connectivity index (χ3v) is 4.53. The van der Waals surface area contributed by atoms with Crippen molar-refractivity contribution in [2.45, 2.75) is 0 Å². The highest BCUT2D eigenvalue weighted by molar-refractivity contribution is 6.30. The Morgan fingerprint density at radius 1 is 0.871 bits per heavy atom. The fourth-order valence-electron chi connectivity index (χ4n) is 2.71. The van der Waals surface area contributed by atoms with Crippen molar-refractivity contribution in [1.29, 1.82) is 0 Å². The standard InChI is InChI=1S/C23H20ClN3O4/c1-30-20-11-6-15(12-21(20)31-2)14-25-27-23(29)17-4-3-5-19(13-17)26-22(28)16-7-9-18(24)10-8-16/h3-14H,1-2H3,(H,26,28)(H,27,29). The first kappa shape index (κ1) is 21.9. The zero-order valence-corrected chi connectivity index (χ0v) is 17.6. The van der Waals surface area contributed by atoms with Crippen molar-refractivity contribution in [3.63, 3.8) is 0 Å². The van der Waals surface area contributed by atoms with Gasteiger partial charge in [0.2, 0.25) is 0 Å². The van der Waals surface area contributed by atoms with Crippen LogP contribution in [0.4, 0.5) is 5.69 Å². The quantitative estimate of drug-likeness (QED) is 0.424. The molecule has 0 aliphatic heterocycles. The molecule has 0 saturated carbocycles. The number of halogens is 1. The molecule has 158 valence electrons. The molecule has 3 aromatic carbocycles. The van der Waals surface area contributed by atoms with Gasteiger partial charge in [0.1, 0.15) is 0 Å². The monoisotopic (exact) mass is 437 g/mol. The van der Waals surface area contributed by atoms with Gasteiger partial charge in [-0.2, -0.15) is 5.10 Å². The number of carbonyl (C=O) groups excluding carboxylic acids is 2. The van der Waals surface area contributed by atoms with E-state index in [1.54, 1.807) is 80.9 Å². The molecule has 0 aliphatic rings. The van der Waals surface area contributed by atoms with Crippen molar-refractivity contribution in [1.82, 2.24) is 5.43 Å². The Hall–Kier alpha value is -3.84. The van der Waals surface area contributed by atoms with Crippen LogP contribution in [0.3, 0.4) is 0 Å². The van der Waals surface area contributed by atoms with Crippen LogP contribution >= 0.6 is 11.6 Å². The van der Waals surface area contributed by atoms with Crippen molar-refractivity contribution < 1.29 is 19.1 Å². The van der Waals surface area contributed by atoms with Gasteiger partial charge >= 0.3 is 0 Å². The van der Waals surface area contributed by atoms with Crippen molar-refractivity contribution in [2.24, 2.45) is 5.10 Å². The third-order valence-electron chi connectivity index (χ3n) is 4.28. The minimum atomic E-state index is -0.417. The first-order valence-corrected chi connectivity index (χ1v) is 9.60. The highest BCUT2D eigenvalue weighted by Crippen LogP contribution is 2.26. The number of nitrogens with zero attached hydrogens (tertiary/aromatic N) is 1. The van der Waals surface area contributed by atoms with Gasteiger partial charge in [0.05, 0.1) is 20.4 Å². The van der Waals surface area contributed by atoms with Gasteiger partial charge in [0, 0.05) is 21.8 Å². The van der Waals surface area contributed by atoms with E-state index in [0.29, 0.717) is 33.3 Å². The largest absolute Gasteiger partial charge is 0.493 e. The van der Waals surface area contributed by atoms with E-state index in [2.05, 4.69) is 15.8 Å². The minimum Gasteiger partial charge on any atom is -0.493 e. The summed E-state index contributed by atoms with van der Waals surface area (Å²) in [6, 6.07) is 18.3. The smallest absolute Gasteiger partial charge is 0.271 e. The van der Waals surface area contributed by atoms with Crippen molar-refractivity contribution in [3.8, 4) is 11.5 Å². The van der Waals surface area contributed by atoms with Crippen LogP contribution in [0, 0.1) is 0 Å².